The summed E-state index contributed by atoms with van der Waals surface area (Å²) >= 11 is 0. The van der Waals surface area contributed by atoms with Crippen molar-refractivity contribution in [3.8, 4) is 5.75 Å². The van der Waals surface area contributed by atoms with E-state index in [2.05, 4.69) is 19.1 Å². The van der Waals surface area contributed by atoms with E-state index in [-0.39, 0.29) is 11.9 Å². The van der Waals surface area contributed by atoms with Gasteiger partial charge in [-0.3, -0.25) is 4.79 Å². The van der Waals surface area contributed by atoms with E-state index in [1.807, 2.05) is 6.07 Å². The van der Waals surface area contributed by atoms with Gasteiger partial charge in [0, 0.05) is 6.42 Å². The van der Waals surface area contributed by atoms with Crippen molar-refractivity contribution >= 4 is 5.78 Å². The van der Waals surface area contributed by atoms with E-state index in [0.29, 0.717) is 6.42 Å². The number of ether oxygens (including phenoxy) is 1. The summed E-state index contributed by atoms with van der Waals surface area (Å²) in [4.78, 5) is 11.0. The predicted molar refractivity (Wildman–Crippen MR) is 59.2 cm³/mol. The second-order valence-corrected chi connectivity index (χ2v) is 4.30. The number of carbonyl (C=O) groups excluding carboxylic acids is 1. The zero-order chi connectivity index (χ0) is 10.8. The van der Waals surface area contributed by atoms with Gasteiger partial charge in [-0.05, 0) is 38.3 Å². The van der Waals surface area contributed by atoms with Gasteiger partial charge in [0.05, 0.1) is 0 Å². The molecule has 1 aromatic carbocycles. The molecule has 2 heteroatoms. The fourth-order valence-electron chi connectivity index (χ4n) is 2.04. The fraction of sp³-hybridized carbons (Fsp3) is 0.462. The maximum Gasteiger partial charge on any atom is 0.133 e. The highest BCUT2D eigenvalue weighted by Crippen LogP contribution is 2.29. The van der Waals surface area contributed by atoms with Gasteiger partial charge in [0.2, 0.25) is 0 Å². The quantitative estimate of drug-likeness (QED) is 0.740. The maximum absolute atomic E-state index is 11.0. The number of hydrogen-bond acceptors (Lipinski definition) is 2. The molecule has 1 aliphatic rings. The molecule has 1 heterocycles. The van der Waals surface area contributed by atoms with Crippen molar-refractivity contribution in [3.63, 3.8) is 0 Å². The highest BCUT2D eigenvalue weighted by Gasteiger charge is 2.20. The first-order chi connectivity index (χ1) is 7.15. The summed E-state index contributed by atoms with van der Waals surface area (Å²) in [5.41, 5.74) is 2.54. The molecule has 0 bridgehead atoms. The molecular formula is C13H16O2. The molecular weight excluding hydrogens is 188 g/mol. The van der Waals surface area contributed by atoms with E-state index in [1.54, 1.807) is 6.92 Å². The van der Waals surface area contributed by atoms with Gasteiger partial charge >= 0.3 is 0 Å². The third kappa shape index (κ3) is 2.38. The standard InChI is InChI=1S/C13H16O2/c1-9-3-6-13-11(7-9)4-5-12(15-13)8-10(2)14/h3,6-7,12H,4-5,8H2,1-2H3/t12-/m1/s1. The lowest BCUT2D eigenvalue weighted by Gasteiger charge is -2.25. The van der Waals surface area contributed by atoms with Crippen LogP contribution in [-0.2, 0) is 11.2 Å². The molecule has 0 amide bonds. The van der Waals surface area contributed by atoms with Crippen LogP contribution in [0, 0.1) is 6.92 Å². The smallest absolute Gasteiger partial charge is 0.133 e. The van der Waals surface area contributed by atoms with Crippen molar-refractivity contribution in [2.45, 2.75) is 39.2 Å². The minimum absolute atomic E-state index is 0.0812. The second-order valence-electron chi connectivity index (χ2n) is 4.30. The van der Waals surface area contributed by atoms with Crippen LogP contribution in [0.5, 0.6) is 5.75 Å². The van der Waals surface area contributed by atoms with Crippen LogP contribution in [0.3, 0.4) is 0 Å². The summed E-state index contributed by atoms with van der Waals surface area (Å²) in [6.07, 6.45) is 2.59. The Balaban J connectivity index is 2.13. The second kappa shape index (κ2) is 4.05. The van der Waals surface area contributed by atoms with Gasteiger partial charge in [0.25, 0.3) is 0 Å². The van der Waals surface area contributed by atoms with Crippen LogP contribution >= 0.6 is 0 Å². The van der Waals surface area contributed by atoms with Crippen molar-refractivity contribution in [1.82, 2.24) is 0 Å². The molecule has 1 atom stereocenters. The zero-order valence-corrected chi connectivity index (χ0v) is 9.25. The van der Waals surface area contributed by atoms with Gasteiger partial charge in [0.1, 0.15) is 17.6 Å². The summed E-state index contributed by atoms with van der Waals surface area (Å²) in [7, 11) is 0. The Kier molecular flexibility index (Phi) is 2.76. The lowest BCUT2D eigenvalue weighted by Crippen LogP contribution is -2.24. The monoisotopic (exact) mass is 204 g/mol. The Bertz CT molecular complexity index is 382. The molecule has 2 nitrogen and oxygen atoms in total. The fourth-order valence-corrected chi connectivity index (χ4v) is 2.04. The van der Waals surface area contributed by atoms with E-state index in [9.17, 15) is 4.79 Å². The van der Waals surface area contributed by atoms with Gasteiger partial charge in [-0.25, -0.2) is 0 Å². The van der Waals surface area contributed by atoms with Crippen LogP contribution in [0.2, 0.25) is 0 Å². The van der Waals surface area contributed by atoms with Crippen molar-refractivity contribution in [2.75, 3.05) is 0 Å². The maximum atomic E-state index is 11.0. The lowest BCUT2D eigenvalue weighted by molar-refractivity contribution is -0.118. The van der Waals surface area contributed by atoms with Crippen molar-refractivity contribution in [1.29, 1.82) is 0 Å². The van der Waals surface area contributed by atoms with Crippen LogP contribution in [0.4, 0.5) is 0 Å². The summed E-state index contributed by atoms with van der Waals surface area (Å²) in [6, 6.07) is 6.23. The average Bonchev–Trinajstić information content (AvgIpc) is 2.17. The number of fused-ring (bicyclic) bond motifs is 1. The molecule has 0 fully saturated rings. The highest BCUT2D eigenvalue weighted by atomic mass is 16.5. The number of rotatable bonds is 2. The molecule has 0 N–H and O–H groups in total. The summed E-state index contributed by atoms with van der Waals surface area (Å²) < 4.78 is 5.78. The first-order valence-electron chi connectivity index (χ1n) is 5.41. The Morgan fingerprint density at radius 3 is 3.07 bits per heavy atom. The summed E-state index contributed by atoms with van der Waals surface area (Å²) in [5.74, 6) is 1.16. The molecule has 1 aromatic rings. The topological polar surface area (TPSA) is 26.3 Å². The van der Waals surface area contributed by atoms with E-state index in [1.165, 1.54) is 11.1 Å². The van der Waals surface area contributed by atoms with Gasteiger partial charge in [0.15, 0.2) is 0 Å². The van der Waals surface area contributed by atoms with E-state index < -0.39 is 0 Å². The summed E-state index contributed by atoms with van der Waals surface area (Å²) in [6.45, 7) is 3.70. The molecule has 80 valence electrons. The molecule has 0 aliphatic carbocycles. The normalized spacial score (nSPS) is 19.2. The molecule has 0 radical (unpaired) electrons. The predicted octanol–water partition coefficient (Wildman–Crippen LogP) is 2.67. The number of benzene rings is 1. The van der Waals surface area contributed by atoms with Crippen LogP contribution in [0.15, 0.2) is 18.2 Å². The van der Waals surface area contributed by atoms with Gasteiger partial charge in [-0.1, -0.05) is 17.7 Å². The van der Waals surface area contributed by atoms with Gasteiger partial charge in [-0.15, -0.1) is 0 Å². The van der Waals surface area contributed by atoms with Crippen LogP contribution in [0.1, 0.15) is 30.9 Å². The minimum Gasteiger partial charge on any atom is -0.490 e. The van der Waals surface area contributed by atoms with Crippen molar-refractivity contribution in [2.24, 2.45) is 0 Å². The highest BCUT2D eigenvalue weighted by molar-refractivity contribution is 5.76. The number of hydrogen-bond donors (Lipinski definition) is 0. The molecule has 0 spiro atoms. The number of carbonyl (C=O) groups is 1. The Hall–Kier alpha value is -1.31. The lowest BCUT2D eigenvalue weighted by atomic mass is 9.98. The first kappa shape index (κ1) is 10.2. The Morgan fingerprint density at radius 2 is 2.33 bits per heavy atom. The molecule has 2 rings (SSSR count). The van der Waals surface area contributed by atoms with E-state index in [4.69, 9.17) is 4.74 Å². The average molecular weight is 204 g/mol. The molecule has 1 aliphatic heterocycles. The summed E-state index contributed by atoms with van der Waals surface area (Å²) in [5, 5.41) is 0. The third-order valence-electron chi connectivity index (χ3n) is 2.76. The number of Topliss-reactive ketones (excluding diaryl/α,β-unsaturated/α-hetero) is 1. The SMILES string of the molecule is CC(=O)C[C@H]1CCc2cc(C)ccc2O1. The Labute approximate surface area is 90.3 Å². The molecule has 0 saturated carbocycles. The first-order valence-corrected chi connectivity index (χ1v) is 5.41. The van der Waals surface area contributed by atoms with Crippen molar-refractivity contribution < 1.29 is 9.53 Å². The Morgan fingerprint density at radius 1 is 1.53 bits per heavy atom. The zero-order valence-electron chi connectivity index (χ0n) is 9.25. The van der Waals surface area contributed by atoms with Crippen LogP contribution in [-0.4, -0.2) is 11.9 Å². The number of aryl methyl sites for hydroxylation is 2. The van der Waals surface area contributed by atoms with Crippen LogP contribution in [0.25, 0.3) is 0 Å². The van der Waals surface area contributed by atoms with Crippen LogP contribution < -0.4 is 4.74 Å². The molecule has 15 heavy (non-hydrogen) atoms. The minimum atomic E-state index is 0.0812. The largest absolute Gasteiger partial charge is 0.490 e. The van der Waals surface area contributed by atoms with E-state index in [0.717, 1.165) is 18.6 Å². The van der Waals surface area contributed by atoms with Gasteiger partial charge < -0.3 is 4.74 Å². The molecule has 0 aromatic heterocycles. The number of ketones is 1. The van der Waals surface area contributed by atoms with E-state index >= 15 is 0 Å². The molecule has 0 unspecified atom stereocenters. The van der Waals surface area contributed by atoms with Crippen molar-refractivity contribution in [3.05, 3.63) is 29.3 Å². The third-order valence-corrected chi connectivity index (χ3v) is 2.76. The molecule has 0 saturated heterocycles. The van der Waals surface area contributed by atoms with Gasteiger partial charge in [-0.2, -0.15) is 0 Å².